The minimum atomic E-state index is -0.249. The second-order valence-electron chi connectivity index (χ2n) is 5.91. The SMILES string of the molecule is CCc1nc(CCNc2nn3cc(-c4ccc(F)cc4)nc3s2)sc1C. The van der Waals surface area contributed by atoms with Gasteiger partial charge in [-0.3, -0.25) is 0 Å². The van der Waals surface area contributed by atoms with Crippen LogP contribution in [0.4, 0.5) is 9.52 Å². The summed E-state index contributed by atoms with van der Waals surface area (Å²) in [7, 11) is 0. The summed E-state index contributed by atoms with van der Waals surface area (Å²) in [5.41, 5.74) is 2.87. The number of anilines is 1. The van der Waals surface area contributed by atoms with E-state index in [0.29, 0.717) is 0 Å². The number of nitrogens with one attached hydrogen (secondary N) is 1. The van der Waals surface area contributed by atoms with Crippen LogP contribution in [0.3, 0.4) is 0 Å². The lowest BCUT2D eigenvalue weighted by Gasteiger charge is -1.99. The fourth-order valence-corrected chi connectivity index (χ4v) is 4.56. The largest absolute Gasteiger partial charge is 0.360 e. The molecule has 26 heavy (non-hydrogen) atoms. The Hall–Kier alpha value is -2.32. The Labute approximate surface area is 158 Å². The van der Waals surface area contributed by atoms with Crippen molar-refractivity contribution in [3.05, 3.63) is 51.9 Å². The van der Waals surface area contributed by atoms with Crippen molar-refractivity contribution in [1.29, 1.82) is 0 Å². The highest BCUT2D eigenvalue weighted by molar-refractivity contribution is 7.20. The number of thiazole rings is 1. The smallest absolute Gasteiger partial charge is 0.214 e. The molecule has 0 atom stereocenters. The van der Waals surface area contributed by atoms with Crippen molar-refractivity contribution in [3.8, 4) is 11.3 Å². The molecule has 0 saturated carbocycles. The van der Waals surface area contributed by atoms with E-state index in [4.69, 9.17) is 0 Å². The standard InChI is InChI=1S/C18H18FN5S2/c1-3-14-11(2)25-16(21-14)8-9-20-17-23-24-10-15(22-18(24)26-17)12-4-6-13(19)7-5-12/h4-7,10H,3,8-9H2,1-2H3,(H,20,23). The van der Waals surface area contributed by atoms with Crippen LogP contribution in [0, 0.1) is 12.7 Å². The fraction of sp³-hybridized carbons (Fsp3) is 0.278. The van der Waals surface area contributed by atoms with Crippen molar-refractivity contribution in [3.63, 3.8) is 0 Å². The number of rotatable bonds is 6. The molecule has 0 spiro atoms. The number of aromatic nitrogens is 4. The minimum absolute atomic E-state index is 0.249. The normalized spacial score (nSPS) is 11.3. The average molecular weight is 388 g/mol. The van der Waals surface area contributed by atoms with Gasteiger partial charge in [-0.25, -0.2) is 18.9 Å². The maximum Gasteiger partial charge on any atom is 0.214 e. The number of fused-ring (bicyclic) bond motifs is 1. The van der Waals surface area contributed by atoms with Crippen LogP contribution in [0.5, 0.6) is 0 Å². The number of hydrogen-bond acceptors (Lipinski definition) is 6. The second kappa shape index (κ2) is 7.13. The Morgan fingerprint density at radius 1 is 1.15 bits per heavy atom. The van der Waals surface area contributed by atoms with Crippen molar-refractivity contribution in [1.82, 2.24) is 19.6 Å². The van der Waals surface area contributed by atoms with Gasteiger partial charge in [-0.15, -0.1) is 16.4 Å². The maximum atomic E-state index is 13.0. The van der Waals surface area contributed by atoms with Gasteiger partial charge in [-0.1, -0.05) is 18.3 Å². The molecular formula is C18H18FN5S2. The molecule has 0 fully saturated rings. The van der Waals surface area contributed by atoms with E-state index in [0.717, 1.165) is 45.7 Å². The first-order valence-electron chi connectivity index (χ1n) is 8.43. The van der Waals surface area contributed by atoms with Gasteiger partial charge in [0, 0.05) is 23.4 Å². The van der Waals surface area contributed by atoms with E-state index in [1.165, 1.54) is 34.0 Å². The zero-order chi connectivity index (χ0) is 18.1. The first-order chi connectivity index (χ1) is 12.6. The number of hydrogen-bond donors (Lipinski definition) is 1. The third-order valence-corrected chi connectivity index (χ3v) is 6.02. The van der Waals surface area contributed by atoms with Gasteiger partial charge in [0.05, 0.1) is 22.6 Å². The molecule has 5 nitrogen and oxygen atoms in total. The molecule has 4 rings (SSSR count). The number of aryl methyl sites for hydroxylation is 2. The summed E-state index contributed by atoms with van der Waals surface area (Å²) in [4.78, 5) is 11.4. The van der Waals surface area contributed by atoms with Gasteiger partial charge < -0.3 is 5.32 Å². The van der Waals surface area contributed by atoms with Crippen molar-refractivity contribution >= 4 is 32.8 Å². The fourth-order valence-electron chi connectivity index (χ4n) is 2.73. The zero-order valence-corrected chi connectivity index (χ0v) is 16.1. The molecule has 0 aliphatic heterocycles. The lowest BCUT2D eigenvalue weighted by Crippen LogP contribution is -2.04. The zero-order valence-electron chi connectivity index (χ0n) is 14.5. The Bertz CT molecular complexity index is 1000. The van der Waals surface area contributed by atoms with Crippen LogP contribution in [-0.4, -0.2) is 26.1 Å². The Balaban J connectivity index is 1.41. The molecule has 0 radical (unpaired) electrons. The van der Waals surface area contributed by atoms with Crippen molar-refractivity contribution < 1.29 is 4.39 Å². The van der Waals surface area contributed by atoms with Crippen LogP contribution < -0.4 is 5.32 Å². The van der Waals surface area contributed by atoms with Gasteiger partial charge >= 0.3 is 0 Å². The van der Waals surface area contributed by atoms with Gasteiger partial charge in [-0.2, -0.15) is 0 Å². The highest BCUT2D eigenvalue weighted by Gasteiger charge is 2.10. The summed E-state index contributed by atoms with van der Waals surface area (Å²) in [5.74, 6) is -0.249. The first-order valence-corrected chi connectivity index (χ1v) is 10.1. The summed E-state index contributed by atoms with van der Waals surface area (Å²) in [6, 6.07) is 6.32. The lowest BCUT2D eigenvalue weighted by atomic mass is 10.2. The number of imidazole rings is 1. The van der Waals surface area contributed by atoms with Crippen LogP contribution in [0.2, 0.25) is 0 Å². The van der Waals surface area contributed by atoms with Crippen molar-refractivity contribution in [2.24, 2.45) is 0 Å². The summed E-state index contributed by atoms with van der Waals surface area (Å²) in [6.45, 7) is 5.05. The topological polar surface area (TPSA) is 55.1 Å². The molecule has 0 unspecified atom stereocenters. The molecular weight excluding hydrogens is 369 g/mol. The van der Waals surface area contributed by atoms with E-state index in [1.54, 1.807) is 28.0 Å². The van der Waals surface area contributed by atoms with E-state index < -0.39 is 0 Å². The molecule has 0 amide bonds. The minimum Gasteiger partial charge on any atom is -0.360 e. The Kier molecular flexibility index (Phi) is 4.69. The predicted octanol–water partition coefficient (Wildman–Crippen LogP) is 4.58. The van der Waals surface area contributed by atoms with E-state index in [1.807, 2.05) is 6.20 Å². The third kappa shape index (κ3) is 3.47. The Morgan fingerprint density at radius 2 is 1.96 bits per heavy atom. The molecule has 0 aliphatic carbocycles. The molecule has 3 heterocycles. The first kappa shape index (κ1) is 17.1. The van der Waals surface area contributed by atoms with Crippen molar-refractivity contribution in [2.75, 3.05) is 11.9 Å². The molecule has 1 N–H and O–H groups in total. The maximum absolute atomic E-state index is 13.0. The molecule has 0 aliphatic rings. The van der Waals surface area contributed by atoms with Crippen LogP contribution >= 0.6 is 22.7 Å². The highest BCUT2D eigenvalue weighted by atomic mass is 32.1. The van der Waals surface area contributed by atoms with E-state index in [9.17, 15) is 4.39 Å². The average Bonchev–Trinajstić information content (AvgIpc) is 3.28. The van der Waals surface area contributed by atoms with E-state index in [-0.39, 0.29) is 5.82 Å². The lowest BCUT2D eigenvalue weighted by molar-refractivity contribution is 0.628. The molecule has 4 aromatic rings. The summed E-state index contributed by atoms with van der Waals surface area (Å²) >= 11 is 3.27. The Morgan fingerprint density at radius 3 is 2.65 bits per heavy atom. The van der Waals surface area contributed by atoms with Crippen molar-refractivity contribution in [2.45, 2.75) is 26.7 Å². The van der Waals surface area contributed by atoms with Gasteiger partial charge in [0.1, 0.15) is 5.82 Å². The highest BCUT2D eigenvalue weighted by Crippen LogP contribution is 2.25. The van der Waals surface area contributed by atoms with Crippen LogP contribution in [-0.2, 0) is 12.8 Å². The monoisotopic (exact) mass is 387 g/mol. The third-order valence-electron chi connectivity index (χ3n) is 4.07. The van der Waals surface area contributed by atoms with Gasteiger partial charge in [0.15, 0.2) is 0 Å². The molecule has 0 saturated heterocycles. The predicted molar refractivity (Wildman–Crippen MR) is 105 cm³/mol. The van der Waals surface area contributed by atoms with E-state index >= 15 is 0 Å². The molecule has 0 bridgehead atoms. The quantitative estimate of drug-likeness (QED) is 0.526. The molecule has 134 valence electrons. The summed E-state index contributed by atoms with van der Waals surface area (Å²) < 4.78 is 14.8. The second-order valence-corrected chi connectivity index (χ2v) is 8.15. The molecule has 8 heteroatoms. The van der Waals surface area contributed by atoms with E-state index in [2.05, 4.69) is 34.2 Å². The number of benzene rings is 1. The van der Waals surface area contributed by atoms with Crippen LogP contribution in [0.15, 0.2) is 30.5 Å². The summed E-state index contributed by atoms with van der Waals surface area (Å²) in [5, 5.41) is 9.86. The number of nitrogens with zero attached hydrogens (tertiary/aromatic N) is 4. The molecule has 3 aromatic heterocycles. The van der Waals surface area contributed by atoms with Gasteiger partial charge in [0.25, 0.3) is 0 Å². The summed E-state index contributed by atoms with van der Waals surface area (Å²) in [6.07, 6.45) is 3.73. The number of halogens is 1. The van der Waals surface area contributed by atoms with Gasteiger partial charge in [0.2, 0.25) is 10.1 Å². The van der Waals surface area contributed by atoms with Crippen LogP contribution in [0.1, 0.15) is 22.5 Å². The molecule has 1 aromatic carbocycles. The van der Waals surface area contributed by atoms with Gasteiger partial charge in [-0.05, 0) is 37.6 Å². The van der Waals surface area contributed by atoms with Crippen LogP contribution in [0.25, 0.3) is 16.2 Å².